The van der Waals surface area contributed by atoms with Gasteiger partial charge in [-0.1, -0.05) is 13.3 Å². The minimum absolute atomic E-state index is 0.0221. The number of aromatic nitrogens is 4. The number of nitrogens with one attached hydrogen (secondary N) is 1. The van der Waals surface area contributed by atoms with Gasteiger partial charge in [-0.3, -0.25) is 4.79 Å². The van der Waals surface area contributed by atoms with E-state index >= 15 is 0 Å². The molecule has 3 heterocycles. The van der Waals surface area contributed by atoms with Crippen LogP contribution in [0.3, 0.4) is 0 Å². The Morgan fingerprint density at radius 1 is 1.35 bits per heavy atom. The van der Waals surface area contributed by atoms with E-state index < -0.39 is 0 Å². The summed E-state index contributed by atoms with van der Waals surface area (Å²) in [6.07, 6.45) is 4.90. The average molecular weight is 361 g/mol. The number of amides is 1. The van der Waals surface area contributed by atoms with Crippen molar-refractivity contribution >= 4 is 5.91 Å². The number of nitrogens with zero attached hydrogens (tertiary/aromatic N) is 5. The van der Waals surface area contributed by atoms with Crippen LogP contribution in [0.1, 0.15) is 68.5 Å². The first kappa shape index (κ1) is 18.6. The van der Waals surface area contributed by atoms with Gasteiger partial charge in [-0.05, 0) is 42.8 Å². The van der Waals surface area contributed by atoms with Gasteiger partial charge in [0, 0.05) is 6.42 Å². The van der Waals surface area contributed by atoms with Gasteiger partial charge in [0.15, 0.2) is 5.76 Å². The van der Waals surface area contributed by atoms with Gasteiger partial charge in [0.2, 0.25) is 5.82 Å². The SMILES string of the molecule is CCCC[C@H](c1nnnn1C(C)C)[NH+]1CCN(C(=O)c2ccco2)CC1. The molecule has 8 nitrogen and oxygen atoms in total. The molecule has 1 amide bonds. The summed E-state index contributed by atoms with van der Waals surface area (Å²) in [5.41, 5.74) is 0. The van der Waals surface area contributed by atoms with Crippen LogP contribution in [-0.2, 0) is 0 Å². The Bertz CT molecular complexity index is 688. The molecule has 26 heavy (non-hydrogen) atoms. The van der Waals surface area contributed by atoms with Crippen molar-refractivity contribution in [2.75, 3.05) is 26.2 Å². The first-order chi connectivity index (χ1) is 12.6. The lowest BCUT2D eigenvalue weighted by Crippen LogP contribution is -3.15. The lowest BCUT2D eigenvalue weighted by atomic mass is 10.1. The van der Waals surface area contributed by atoms with Crippen molar-refractivity contribution in [2.24, 2.45) is 0 Å². The zero-order valence-corrected chi connectivity index (χ0v) is 15.9. The van der Waals surface area contributed by atoms with Crippen LogP contribution in [0.5, 0.6) is 0 Å². The molecule has 0 saturated carbocycles. The first-order valence-electron chi connectivity index (χ1n) is 9.57. The summed E-state index contributed by atoms with van der Waals surface area (Å²) in [4.78, 5) is 15.8. The van der Waals surface area contributed by atoms with Gasteiger partial charge in [0.1, 0.15) is 6.04 Å². The fraction of sp³-hybridized carbons (Fsp3) is 0.667. The van der Waals surface area contributed by atoms with E-state index in [2.05, 4.69) is 36.3 Å². The fourth-order valence-corrected chi connectivity index (χ4v) is 3.62. The van der Waals surface area contributed by atoms with Crippen LogP contribution in [0.2, 0.25) is 0 Å². The number of furan rings is 1. The molecule has 142 valence electrons. The predicted octanol–water partition coefficient (Wildman–Crippen LogP) is 1.12. The second-order valence-corrected chi connectivity index (χ2v) is 7.20. The number of carbonyl (C=O) groups excluding carboxylic acids is 1. The highest BCUT2D eigenvalue weighted by atomic mass is 16.3. The van der Waals surface area contributed by atoms with Crippen LogP contribution in [0.15, 0.2) is 22.8 Å². The summed E-state index contributed by atoms with van der Waals surface area (Å²) in [5.74, 6) is 1.36. The van der Waals surface area contributed by atoms with Crippen LogP contribution in [0, 0.1) is 0 Å². The molecule has 1 aliphatic rings. The zero-order chi connectivity index (χ0) is 18.5. The number of piperazine rings is 1. The first-order valence-corrected chi connectivity index (χ1v) is 9.57. The highest BCUT2D eigenvalue weighted by Crippen LogP contribution is 2.17. The van der Waals surface area contributed by atoms with E-state index in [1.54, 1.807) is 18.4 Å². The third-order valence-corrected chi connectivity index (χ3v) is 5.08. The fourth-order valence-electron chi connectivity index (χ4n) is 3.62. The Balaban J connectivity index is 1.69. The lowest BCUT2D eigenvalue weighted by molar-refractivity contribution is -0.936. The molecule has 1 atom stereocenters. The predicted molar refractivity (Wildman–Crippen MR) is 95.8 cm³/mol. The molecule has 3 rings (SSSR count). The van der Waals surface area contributed by atoms with E-state index in [4.69, 9.17) is 4.42 Å². The Kier molecular flexibility index (Phi) is 6.03. The normalized spacial score (nSPS) is 17.0. The van der Waals surface area contributed by atoms with E-state index in [9.17, 15) is 4.79 Å². The standard InChI is InChI=1S/C18H28N6O2/c1-4-5-7-15(17-19-20-21-24(17)14(2)3)22-9-11-23(12-10-22)18(25)16-8-6-13-26-16/h6,8,13-15H,4-5,7,9-12H2,1-3H3/p+1/t15-/m1/s1. The molecule has 2 aromatic rings. The van der Waals surface area contributed by atoms with Gasteiger partial charge >= 0.3 is 0 Å². The highest BCUT2D eigenvalue weighted by Gasteiger charge is 2.34. The molecular formula is C18H29N6O2+. The minimum Gasteiger partial charge on any atom is -0.459 e. The number of rotatable bonds is 7. The Morgan fingerprint density at radius 3 is 2.73 bits per heavy atom. The molecule has 1 saturated heterocycles. The number of tetrazole rings is 1. The molecule has 0 bridgehead atoms. The molecule has 2 aromatic heterocycles. The largest absolute Gasteiger partial charge is 0.459 e. The summed E-state index contributed by atoms with van der Waals surface area (Å²) >= 11 is 0. The minimum atomic E-state index is -0.0221. The number of hydrogen-bond donors (Lipinski definition) is 1. The van der Waals surface area contributed by atoms with E-state index in [0.29, 0.717) is 5.76 Å². The summed E-state index contributed by atoms with van der Waals surface area (Å²) in [5, 5.41) is 12.4. The van der Waals surface area contributed by atoms with Crippen LogP contribution in [0.25, 0.3) is 0 Å². The van der Waals surface area contributed by atoms with Crippen LogP contribution >= 0.6 is 0 Å². The van der Waals surface area contributed by atoms with Gasteiger partial charge in [0.05, 0.1) is 38.5 Å². The van der Waals surface area contributed by atoms with Gasteiger partial charge in [-0.25, -0.2) is 4.68 Å². The average Bonchev–Trinajstić information content (AvgIpc) is 3.34. The molecule has 1 fully saturated rings. The number of hydrogen-bond acceptors (Lipinski definition) is 5. The summed E-state index contributed by atoms with van der Waals surface area (Å²) < 4.78 is 7.19. The topological polar surface area (TPSA) is 81.5 Å². The van der Waals surface area contributed by atoms with E-state index in [1.807, 2.05) is 9.58 Å². The second kappa shape index (κ2) is 8.44. The summed E-state index contributed by atoms with van der Waals surface area (Å²) in [6, 6.07) is 3.99. The van der Waals surface area contributed by atoms with Crippen LogP contribution in [0.4, 0.5) is 0 Å². The maximum absolute atomic E-state index is 12.5. The Morgan fingerprint density at radius 2 is 2.12 bits per heavy atom. The monoisotopic (exact) mass is 361 g/mol. The molecule has 1 aliphatic heterocycles. The van der Waals surface area contributed by atoms with Crippen molar-refractivity contribution in [3.8, 4) is 0 Å². The van der Waals surface area contributed by atoms with Gasteiger partial charge in [-0.2, -0.15) is 0 Å². The smallest absolute Gasteiger partial charge is 0.289 e. The second-order valence-electron chi connectivity index (χ2n) is 7.20. The highest BCUT2D eigenvalue weighted by molar-refractivity contribution is 5.91. The van der Waals surface area contributed by atoms with Crippen molar-refractivity contribution in [3.63, 3.8) is 0 Å². The third kappa shape index (κ3) is 3.95. The Hall–Kier alpha value is -2.22. The van der Waals surface area contributed by atoms with E-state index in [1.165, 1.54) is 4.90 Å². The zero-order valence-electron chi connectivity index (χ0n) is 15.9. The maximum atomic E-state index is 12.5. The summed E-state index contributed by atoms with van der Waals surface area (Å²) in [7, 11) is 0. The van der Waals surface area contributed by atoms with Gasteiger partial charge in [0.25, 0.3) is 5.91 Å². The lowest BCUT2D eigenvalue weighted by Gasteiger charge is -2.36. The van der Waals surface area contributed by atoms with Gasteiger partial charge in [-0.15, -0.1) is 5.10 Å². The van der Waals surface area contributed by atoms with Crippen molar-refractivity contribution in [1.29, 1.82) is 0 Å². The molecule has 0 aliphatic carbocycles. The molecule has 0 unspecified atom stereocenters. The molecule has 8 heteroatoms. The quantitative estimate of drug-likeness (QED) is 0.799. The number of quaternary nitrogens is 1. The van der Waals surface area contributed by atoms with Gasteiger partial charge < -0.3 is 14.2 Å². The van der Waals surface area contributed by atoms with Crippen molar-refractivity contribution in [3.05, 3.63) is 30.0 Å². The summed E-state index contributed by atoms with van der Waals surface area (Å²) in [6.45, 7) is 9.65. The molecular weight excluding hydrogens is 332 g/mol. The van der Waals surface area contributed by atoms with Crippen molar-refractivity contribution < 1.29 is 14.1 Å². The molecule has 0 spiro atoms. The maximum Gasteiger partial charge on any atom is 0.289 e. The number of unbranched alkanes of at least 4 members (excludes halogenated alkanes) is 1. The van der Waals surface area contributed by atoms with Crippen molar-refractivity contribution in [1.82, 2.24) is 25.1 Å². The Labute approximate surface area is 154 Å². The number of carbonyl (C=O) groups is 1. The molecule has 0 aromatic carbocycles. The van der Waals surface area contributed by atoms with Crippen LogP contribution in [-0.4, -0.2) is 57.2 Å². The molecule has 1 N–H and O–H groups in total. The van der Waals surface area contributed by atoms with E-state index in [0.717, 1.165) is 51.3 Å². The van der Waals surface area contributed by atoms with E-state index in [-0.39, 0.29) is 18.0 Å². The van der Waals surface area contributed by atoms with Crippen molar-refractivity contribution in [2.45, 2.75) is 52.1 Å². The third-order valence-electron chi connectivity index (χ3n) is 5.08. The molecule has 0 radical (unpaired) electrons. The van der Waals surface area contributed by atoms with Crippen LogP contribution < -0.4 is 4.90 Å².